The number of carbonyl (C=O) groups excluding carboxylic acids is 2. The van der Waals surface area contributed by atoms with Crippen LogP contribution >= 0.6 is 0 Å². The van der Waals surface area contributed by atoms with Crippen LogP contribution in [-0.4, -0.2) is 17.5 Å². The molecule has 0 bridgehead atoms. The molecule has 0 saturated heterocycles. The first-order chi connectivity index (χ1) is 11.6. The van der Waals surface area contributed by atoms with Crippen molar-refractivity contribution in [3.05, 3.63) is 65.2 Å². The summed E-state index contributed by atoms with van der Waals surface area (Å²) in [5, 5.41) is 6.71. The van der Waals surface area contributed by atoms with Gasteiger partial charge in [0.1, 0.15) is 0 Å². The van der Waals surface area contributed by atoms with E-state index in [0.29, 0.717) is 5.69 Å². The molecule has 0 unspecified atom stereocenters. The van der Waals surface area contributed by atoms with Gasteiger partial charge in [0.05, 0.1) is 5.71 Å². The Morgan fingerprint density at radius 2 is 1.71 bits per heavy atom. The van der Waals surface area contributed by atoms with Crippen molar-refractivity contribution in [3.8, 4) is 0 Å². The predicted octanol–water partition coefficient (Wildman–Crippen LogP) is 2.79. The quantitative estimate of drug-likeness (QED) is 0.659. The van der Waals surface area contributed by atoms with E-state index in [2.05, 4.69) is 21.9 Å². The van der Waals surface area contributed by atoms with Crippen LogP contribution in [0.15, 0.2) is 53.6 Å². The zero-order valence-corrected chi connectivity index (χ0v) is 13.5. The Morgan fingerprint density at radius 3 is 2.50 bits per heavy atom. The van der Waals surface area contributed by atoms with Gasteiger partial charge >= 0.3 is 11.8 Å². The topological polar surface area (TPSA) is 70.6 Å². The second-order valence-electron chi connectivity index (χ2n) is 5.83. The number of hydrazone groups is 1. The summed E-state index contributed by atoms with van der Waals surface area (Å²) in [6.07, 6.45) is 2.79. The second kappa shape index (κ2) is 7.08. The third-order valence-corrected chi connectivity index (χ3v) is 4.00. The average Bonchev–Trinajstić information content (AvgIpc) is 2.61. The molecular formula is C19H19N3O2. The SMILES string of the molecule is Cc1ccc(NC(=O)C(=O)N/N=C2/CCCc3ccccc32)cc1. The third-order valence-electron chi connectivity index (χ3n) is 4.00. The van der Waals surface area contributed by atoms with Crippen LogP contribution in [0.25, 0.3) is 0 Å². The van der Waals surface area contributed by atoms with Gasteiger partial charge in [-0.2, -0.15) is 5.10 Å². The molecule has 2 aromatic rings. The van der Waals surface area contributed by atoms with Crippen molar-refractivity contribution in [2.45, 2.75) is 26.2 Å². The van der Waals surface area contributed by atoms with E-state index in [1.807, 2.05) is 37.3 Å². The summed E-state index contributed by atoms with van der Waals surface area (Å²) in [5.41, 5.74) is 7.11. The number of aryl methyl sites for hydroxylation is 2. The molecule has 0 aliphatic heterocycles. The Labute approximate surface area is 140 Å². The summed E-state index contributed by atoms with van der Waals surface area (Å²) in [6, 6.07) is 15.2. The Bertz CT molecular complexity index is 795. The molecule has 0 heterocycles. The standard InChI is InChI=1S/C19H19N3O2/c1-13-9-11-15(12-10-13)20-18(23)19(24)22-21-17-8-4-6-14-5-2-3-7-16(14)17/h2-3,5,7,9-12H,4,6,8H2,1H3,(H,20,23)(H,22,24)/b21-17-. The summed E-state index contributed by atoms with van der Waals surface area (Å²) >= 11 is 0. The van der Waals surface area contributed by atoms with E-state index in [1.165, 1.54) is 5.56 Å². The molecule has 2 aromatic carbocycles. The fourth-order valence-electron chi connectivity index (χ4n) is 2.71. The van der Waals surface area contributed by atoms with Crippen LogP contribution < -0.4 is 10.7 Å². The van der Waals surface area contributed by atoms with Crippen molar-refractivity contribution in [2.24, 2.45) is 5.10 Å². The molecule has 1 aliphatic rings. The van der Waals surface area contributed by atoms with Gasteiger partial charge in [0, 0.05) is 11.3 Å². The molecule has 1 aliphatic carbocycles. The fourth-order valence-corrected chi connectivity index (χ4v) is 2.71. The van der Waals surface area contributed by atoms with Crippen LogP contribution in [0.3, 0.4) is 0 Å². The maximum absolute atomic E-state index is 11.9. The highest BCUT2D eigenvalue weighted by Crippen LogP contribution is 2.21. The van der Waals surface area contributed by atoms with Crippen molar-refractivity contribution in [1.82, 2.24) is 5.43 Å². The van der Waals surface area contributed by atoms with Gasteiger partial charge < -0.3 is 5.32 Å². The zero-order valence-electron chi connectivity index (χ0n) is 13.5. The smallest absolute Gasteiger partial charge is 0.318 e. The first-order valence-electron chi connectivity index (χ1n) is 7.96. The molecule has 0 radical (unpaired) electrons. The highest BCUT2D eigenvalue weighted by molar-refractivity contribution is 6.39. The monoisotopic (exact) mass is 321 g/mol. The molecule has 3 rings (SSSR count). The number of amides is 2. The van der Waals surface area contributed by atoms with E-state index in [9.17, 15) is 9.59 Å². The van der Waals surface area contributed by atoms with Crippen LogP contribution in [0.5, 0.6) is 0 Å². The third kappa shape index (κ3) is 3.68. The lowest BCUT2D eigenvalue weighted by molar-refractivity contribution is -0.136. The lowest BCUT2D eigenvalue weighted by atomic mass is 9.90. The van der Waals surface area contributed by atoms with Gasteiger partial charge in [-0.05, 0) is 43.9 Å². The number of nitrogens with zero attached hydrogens (tertiary/aromatic N) is 1. The number of carbonyl (C=O) groups is 2. The second-order valence-corrected chi connectivity index (χ2v) is 5.83. The van der Waals surface area contributed by atoms with Gasteiger partial charge in [0.25, 0.3) is 0 Å². The van der Waals surface area contributed by atoms with Crippen LogP contribution in [0.1, 0.15) is 29.5 Å². The Balaban J connectivity index is 1.65. The fraction of sp³-hybridized carbons (Fsp3) is 0.211. The van der Waals surface area contributed by atoms with Crippen LogP contribution in [-0.2, 0) is 16.0 Å². The molecule has 24 heavy (non-hydrogen) atoms. The average molecular weight is 321 g/mol. The molecule has 2 amide bonds. The largest absolute Gasteiger partial charge is 0.329 e. The number of nitrogens with one attached hydrogen (secondary N) is 2. The predicted molar refractivity (Wildman–Crippen MR) is 93.9 cm³/mol. The molecule has 0 aromatic heterocycles. The Kier molecular flexibility index (Phi) is 4.70. The minimum Gasteiger partial charge on any atom is -0.318 e. The van der Waals surface area contributed by atoms with Gasteiger partial charge in [-0.15, -0.1) is 0 Å². The van der Waals surface area contributed by atoms with Crippen molar-refractivity contribution >= 4 is 23.2 Å². The highest BCUT2D eigenvalue weighted by Gasteiger charge is 2.17. The number of benzene rings is 2. The van der Waals surface area contributed by atoms with E-state index in [-0.39, 0.29) is 0 Å². The van der Waals surface area contributed by atoms with Gasteiger partial charge in [-0.25, -0.2) is 5.43 Å². The number of hydrogen-bond acceptors (Lipinski definition) is 3. The van der Waals surface area contributed by atoms with Crippen molar-refractivity contribution in [3.63, 3.8) is 0 Å². The zero-order chi connectivity index (χ0) is 16.9. The number of hydrogen-bond donors (Lipinski definition) is 2. The first-order valence-corrected chi connectivity index (χ1v) is 7.96. The van der Waals surface area contributed by atoms with E-state index in [4.69, 9.17) is 0 Å². The Hall–Kier alpha value is -2.95. The summed E-state index contributed by atoms with van der Waals surface area (Å²) in [7, 11) is 0. The van der Waals surface area contributed by atoms with E-state index in [1.54, 1.807) is 12.1 Å². The molecule has 5 nitrogen and oxygen atoms in total. The lowest BCUT2D eigenvalue weighted by Gasteiger charge is -2.17. The molecule has 2 N–H and O–H groups in total. The lowest BCUT2D eigenvalue weighted by Crippen LogP contribution is -2.33. The molecule has 0 atom stereocenters. The van der Waals surface area contributed by atoms with Crippen molar-refractivity contribution < 1.29 is 9.59 Å². The van der Waals surface area contributed by atoms with Gasteiger partial charge in [-0.3, -0.25) is 9.59 Å². The minimum atomic E-state index is -0.772. The number of anilines is 1. The highest BCUT2D eigenvalue weighted by atomic mass is 16.2. The molecule has 5 heteroatoms. The maximum Gasteiger partial charge on any atom is 0.329 e. The van der Waals surface area contributed by atoms with Crippen LogP contribution in [0, 0.1) is 6.92 Å². The van der Waals surface area contributed by atoms with Crippen LogP contribution in [0.4, 0.5) is 5.69 Å². The summed E-state index contributed by atoms with van der Waals surface area (Å²) in [4.78, 5) is 23.9. The summed E-state index contributed by atoms with van der Waals surface area (Å²) in [6.45, 7) is 1.95. The Morgan fingerprint density at radius 1 is 0.958 bits per heavy atom. The van der Waals surface area contributed by atoms with E-state index in [0.717, 1.165) is 36.1 Å². The molecule has 0 fully saturated rings. The number of rotatable bonds is 2. The summed E-state index contributed by atoms with van der Waals surface area (Å²) < 4.78 is 0. The van der Waals surface area contributed by atoms with E-state index >= 15 is 0 Å². The summed E-state index contributed by atoms with van der Waals surface area (Å²) in [5.74, 6) is -1.50. The van der Waals surface area contributed by atoms with Gasteiger partial charge in [0.2, 0.25) is 0 Å². The van der Waals surface area contributed by atoms with Crippen molar-refractivity contribution in [2.75, 3.05) is 5.32 Å². The van der Waals surface area contributed by atoms with E-state index < -0.39 is 11.8 Å². The van der Waals surface area contributed by atoms with Gasteiger partial charge in [0.15, 0.2) is 0 Å². The maximum atomic E-state index is 11.9. The minimum absolute atomic E-state index is 0.580. The number of fused-ring (bicyclic) bond motifs is 1. The van der Waals surface area contributed by atoms with Crippen molar-refractivity contribution in [1.29, 1.82) is 0 Å². The molecular weight excluding hydrogens is 302 g/mol. The molecule has 122 valence electrons. The molecule has 0 spiro atoms. The van der Waals surface area contributed by atoms with Gasteiger partial charge in [-0.1, -0.05) is 42.0 Å². The molecule has 0 saturated carbocycles. The normalized spacial score (nSPS) is 14.8. The first kappa shape index (κ1) is 15.9. The van der Waals surface area contributed by atoms with Crippen LogP contribution in [0.2, 0.25) is 0 Å².